The van der Waals surface area contributed by atoms with Gasteiger partial charge in [-0.3, -0.25) is 9.78 Å². The van der Waals surface area contributed by atoms with Crippen LogP contribution in [0.4, 0.5) is 0 Å². The number of hydrogen-bond donors (Lipinski definition) is 1. The maximum Gasteiger partial charge on any atom is 0.172 e. The Kier molecular flexibility index (Phi) is 3.76. The van der Waals surface area contributed by atoms with Gasteiger partial charge in [0.25, 0.3) is 0 Å². The third-order valence-corrected chi connectivity index (χ3v) is 3.78. The minimum absolute atomic E-state index is 0.103. The van der Waals surface area contributed by atoms with E-state index < -0.39 is 0 Å². The van der Waals surface area contributed by atoms with Gasteiger partial charge in [-0.25, -0.2) is 0 Å². The third kappa shape index (κ3) is 2.32. The van der Waals surface area contributed by atoms with Crippen LogP contribution in [0.15, 0.2) is 36.5 Å². The molecule has 1 N–H and O–H groups in total. The molecule has 0 bridgehead atoms. The Hall–Kier alpha value is -1.78. The zero-order valence-electron chi connectivity index (χ0n) is 11.5. The Labute approximate surface area is 118 Å². The van der Waals surface area contributed by atoms with E-state index in [1.54, 1.807) is 6.20 Å². The topological polar surface area (TPSA) is 51.2 Å². The number of carbonyl (C=O) groups is 1. The lowest BCUT2D eigenvalue weighted by Gasteiger charge is -2.17. The van der Waals surface area contributed by atoms with Crippen LogP contribution in [0.3, 0.4) is 0 Å². The van der Waals surface area contributed by atoms with Crippen LogP contribution in [0.1, 0.15) is 17.3 Å². The number of aromatic nitrogens is 1. The molecule has 0 saturated carbocycles. The summed E-state index contributed by atoms with van der Waals surface area (Å²) in [5.74, 6) is 0.000283. The molecule has 2 aromatic rings. The average molecular weight is 270 g/mol. The number of nitrogens with zero attached hydrogens (tertiary/aromatic N) is 1. The number of likely N-dealkylation sites (N-methyl/N-ethyl adjacent to an activating group) is 1. The van der Waals surface area contributed by atoms with Gasteiger partial charge < -0.3 is 10.1 Å². The molecular weight excluding hydrogens is 252 g/mol. The van der Waals surface area contributed by atoms with Crippen molar-refractivity contribution >= 4 is 16.7 Å². The molecule has 2 unspecified atom stereocenters. The SMILES string of the molecule is CCNC1COCC1C(=O)c1cccc2cccnc12. The van der Waals surface area contributed by atoms with E-state index >= 15 is 0 Å². The summed E-state index contributed by atoms with van der Waals surface area (Å²) in [6.07, 6.45) is 1.73. The summed E-state index contributed by atoms with van der Waals surface area (Å²) in [5.41, 5.74) is 1.48. The first kappa shape index (κ1) is 13.2. The molecule has 0 radical (unpaired) electrons. The van der Waals surface area contributed by atoms with Gasteiger partial charge in [0, 0.05) is 23.2 Å². The highest BCUT2D eigenvalue weighted by molar-refractivity contribution is 6.08. The molecule has 1 fully saturated rings. The second-order valence-electron chi connectivity index (χ2n) is 5.05. The molecule has 1 aliphatic rings. The number of fused-ring (bicyclic) bond motifs is 1. The first-order valence-corrected chi connectivity index (χ1v) is 7.00. The van der Waals surface area contributed by atoms with Crippen LogP contribution in [-0.4, -0.2) is 36.6 Å². The number of nitrogens with one attached hydrogen (secondary N) is 1. The van der Waals surface area contributed by atoms with Crippen molar-refractivity contribution in [2.75, 3.05) is 19.8 Å². The lowest BCUT2D eigenvalue weighted by molar-refractivity contribution is 0.0893. The van der Waals surface area contributed by atoms with Crippen molar-refractivity contribution < 1.29 is 9.53 Å². The number of ketones is 1. The summed E-state index contributed by atoms with van der Waals surface area (Å²) < 4.78 is 5.47. The van der Waals surface area contributed by atoms with Crippen LogP contribution < -0.4 is 5.32 Å². The second kappa shape index (κ2) is 5.69. The number of para-hydroxylation sites is 1. The van der Waals surface area contributed by atoms with Crippen LogP contribution in [0.2, 0.25) is 0 Å². The van der Waals surface area contributed by atoms with E-state index in [9.17, 15) is 4.79 Å². The van der Waals surface area contributed by atoms with Gasteiger partial charge >= 0.3 is 0 Å². The molecule has 104 valence electrons. The smallest absolute Gasteiger partial charge is 0.172 e. The quantitative estimate of drug-likeness (QED) is 0.864. The molecule has 1 saturated heterocycles. The lowest BCUT2D eigenvalue weighted by Crippen LogP contribution is -2.39. The van der Waals surface area contributed by atoms with E-state index in [2.05, 4.69) is 10.3 Å². The van der Waals surface area contributed by atoms with Gasteiger partial charge in [0.05, 0.1) is 24.6 Å². The molecule has 0 amide bonds. The maximum absolute atomic E-state index is 12.8. The van der Waals surface area contributed by atoms with E-state index in [0.717, 1.165) is 17.4 Å². The summed E-state index contributed by atoms with van der Waals surface area (Å²) in [6, 6.07) is 9.72. The van der Waals surface area contributed by atoms with Crippen molar-refractivity contribution in [1.29, 1.82) is 0 Å². The van der Waals surface area contributed by atoms with Gasteiger partial charge in [-0.1, -0.05) is 25.1 Å². The average Bonchev–Trinajstić information content (AvgIpc) is 2.94. The number of Topliss-reactive ketones (excluding diaryl/α,β-unsaturated/α-hetero) is 1. The van der Waals surface area contributed by atoms with Crippen molar-refractivity contribution in [3.05, 3.63) is 42.1 Å². The van der Waals surface area contributed by atoms with Gasteiger partial charge in [0.1, 0.15) is 0 Å². The maximum atomic E-state index is 12.8. The molecule has 2 atom stereocenters. The number of ether oxygens (including phenoxy) is 1. The number of carbonyl (C=O) groups excluding carboxylic acids is 1. The zero-order valence-corrected chi connectivity index (χ0v) is 11.5. The number of hydrogen-bond acceptors (Lipinski definition) is 4. The van der Waals surface area contributed by atoms with Crippen LogP contribution in [0.25, 0.3) is 10.9 Å². The molecule has 1 aromatic carbocycles. The van der Waals surface area contributed by atoms with E-state index in [0.29, 0.717) is 18.8 Å². The normalized spacial score (nSPS) is 22.2. The van der Waals surface area contributed by atoms with Crippen molar-refractivity contribution in [2.24, 2.45) is 5.92 Å². The minimum atomic E-state index is -0.123. The molecular formula is C16H18N2O2. The molecule has 0 spiro atoms. The monoisotopic (exact) mass is 270 g/mol. The molecule has 2 heterocycles. The molecule has 1 aliphatic heterocycles. The van der Waals surface area contributed by atoms with Crippen LogP contribution in [-0.2, 0) is 4.74 Å². The standard InChI is InChI=1S/C16H18N2O2/c1-2-17-14-10-20-9-13(14)16(19)12-7-3-5-11-6-4-8-18-15(11)12/h3-8,13-14,17H,2,9-10H2,1H3. The number of pyridine rings is 1. The Morgan fingerprint density at radius 2 is 2.20 bits per heavy atom. The fourth-order valence-corrected chi connectivity index (χ4v) is 2.78. The highest BCUT2D eigenvalue weighted by Gasteiger charge is 2.34. The van der Waals surface area contributed by atoms with Crippen molar-refractivity contribution in [1.82, 2.24) is 10.3 Å². The van der Waals surface area contributed by atoms with E-state index in [-0.39, 0.29) is 17.7 Å². The summed E-state index contributed by atoms with van der Waals surface area (Å²) in [6.45, 7) is 3.97. The number of benzene rings is 1. The van der Waals surface area contributed by atoms with Gasteiger partial charge in [-0.15, -0.1) is 0 Å². The highest BCUT2D eigenvalue weighted by atomic mass is 16.5. The van der Waals surface area contributed by atoms with Crippen molar-refractivity contribution in [3.63, 3.8) is 0 Å². The van der Waals surface area contributed by atoms with Crippen LogP contribution in [0, 0.1) is 5.92 Å². The molecule has 4 heteroatoms. The Morgan fingerprint density at radius 3 is 3.05 bits per heavy atom. The van der Waals surface area contributed by atoms with Gasteiger partial charge in [-0.05, 0) is 18.7 Å². The van der Waals surface area contributed by atoms with E-state index in [1.807, 2.05) is 37.3 Å². The molecule has 20 heavy (non-hydrogen) atoms. The fourth-order valence-electron chi connectivity index (χ4n) is 2.78. The van der Waals surface area contributed by atoms with Crippen LogP contribution >= 0.6 is 0 Å². The van der Waals surface area contributed by atoms with Crippen molar-refractivity contribution in [3.8, 4) is 0 Å². The third-order valence-electron chi connectivity index (χ3n) is 3.78. The largest absolute Gasteiger partial charge is 0.379 e. The predicted molar refractivity (Wildman–Crippen MR) is 77.8 cm³/mol. The lowest BCUT2D eigenvalue weighted by atomic mass is 9.92. The molecule has 0 aliphatic carbocycles. The van der Waals surface area contributed by atoms with E-state index in [1.165, 1.54) is 0 Å². The second-order valence-corrected chi connectivity index (χ2v) is 5.05. The Morgan fingerprint density at radius 1 is 1.35 bits per heavy atom. The first-order chi connectivity index (χ1) is 9.81. The van der Waals surface area contributed by atoms with E-state index in [4.69, 9.17) is 4.74 Å². The minimum Gasteiger partial charge on any atom is -0.379 e. The Bertz CT molecular complexity index is 621. The summed E-state index contributed by atoms with van der Waals surface area (Å²) in [7, 11) is 0. The molecule has 1 aromatic heterocycles. The molecule has 4 nitrogen and oxygen atoms in total. The number of rotatable bonds is 4. The summed E-state index contributed by atoms with van der Waals surface area (Å²) in [5, 5.41) is 4.32. The van der Waals surface area contributed by atoms with Gasteiger partial charge in [0.15, 0.2) is 5.78 Å². The van der Waals surface area contributed by atoms with Gasteiger partial charge in [-0.2, -0.15) is 0 Å². The summed E-state index contributed by atoms with van der Waals surface area (Å²) >= 11 is 0. The van der Waals surface area contributed by atoms with Gasteiger partial charge in [0.2, 0.25) is 0 Å². The highest BCUT2D eigenvalue weighted by Crippen LogP contribution is 2.23. The summed E-state index contributed by atoms with van der Waals surface area (Å²) in [4.78, 5) is 17.1. The van der Waals surface area contributed by atoms with Crippen molar-refractivity contribution in [2.45, 2.75) is 13.0 Å². The van der Waals surface area contributed by atoms with Crippen LogP contribution in [0.5, 0.6) is 0 Å². The first-order valence-electron chi connectivity index (χ1n) is 7.00. The molecule has 3 rings (SSSR count). The Balaban J connectivity index is 1.96. The predicted octanol–water partition coefficient (Wildman–Crippen LogP) is 2.04. The zero-order chi connectivity index (χ0) is 13.9. The fraction of sp³-hybridized carbons (Fsp3) is 0.375.